The van der Waals surface area contributed by atoms with Crippen molar-refractivity contribution in [1.29, 1.82) is 0 Å². The Hall–Kier alpha value is -0.480. The molecule has 0 spiro atoms. The molecule has 2 rings (SSSR count). The molecule has 0 radical (unpaired) electrons. The Labute approximate surface area is 124 Å². The van der Waals surface area contributed by atoms with Crippen LogP contribution in [-0.2, 0) is 11.2 Å². The maximum Gasteiger partial charge on any atom is 0.0749 e. The van der Waals surface area contributed by atoms with Crippen LogP contribution >= 0.6 is 23.2 Å². The molecule has 0 unspecified atom stereocenters. The summed E-state index contributed by atoms with van der Waals surface area (Å²) < 4.78 is 5.37. The number of nitrogens with two attached hydrogens (primary N) is 1. The average Bonchev–Trinajstić information content (AvgIpc) is 2.42. The fourth-order valence-corrected chi connectivity index (χ4v) is 3.12. The maximum atomic E-state index is 6.52. The Kier molecular flexibility index (Phi) is 5.34. The molecular weight excluding hydrogens is 283 g/mol. The molecule has 0 aliphatic carbocycles. The molecule has 1 aliphatic rings. The molecule has 3 nitrogen and oxygen atoms in total. The zero-order chi connectivity index (χ0) is 13.8. The van der Waals surface area contributed by atoms with Gasteiger partial charge in [-0.05, 0) is 43.5 Å². The molecule has 19 heavy (non-hydrogen) atoms. The summed E-state index contributed by atoms with van der Waals surface area (Å²) in [5.41, 5.74) is 8.81. The van der Waals surface area contributed by atoms with Crippen molar-refractivity contribution in [3.63, 3.8) is 0 Å². The molecule has 1 saturated heterocycles. The summed E-state index contributed by atoms with van der Waals surface area (Å²) in [4.78, 5) is 2.20. The van der Waals surface area contributed by atoms with E-state index in [2.05, 4.69) is 11.8 Å². The first kappa shape index (κ1) is 14.9. The first-order valence-electron chi connectivity index (χ1n) is 6.65. The average molecular weight is 303 g/mol. The minimum atomic E-state index is 0.680. The van der Waals surface area contributed by atoms with Crippen LogP contribution in [0.4, 0.5) is 5.69 Å². The number of halogens is 2. The van der Waals surface area contributed by atoms with Crippen LogP contribution in [0.2, 0.25) is 10.0 Å². The monoisotopic (exact) mass is 302 g/mol. The van der Waals surface area contributed by atoms with Gasteiger partial charge in [0.15, 0.2) is 0 Å². The molecule has 0 saturated carbocycles. The van der Waals surface area contributed by atoms with Crippen molar-refractivity contribution in [3.05, 3.63) is 27.2 Å². The van der Waals surface area contributed by atoms with Gasteiger partial charge in [0, 0.05) is 13.1 Å². The lowest BCUT2D eigenvalue weighted by Crippen LogP contribution is -2.36. The fraction of sp³-hybridized carbons (Fsp3) is 0.571. The van der Waals surface area contributed by atoms with E-state index in [0.717, 1.165) is 60.4 Å². The number of hydrogen-bond acceptors (Lipinski definition) is 3. The van der Waals surface area contributed by atoms with Crippen LogP contribution < -0.4 is 10.6 Å². The number of rotatable bonds is 4. The van der Waals surface area contributed by atoms with Crippen LogP contribution in [0.3, 0.4) is 0 Å². The lowest BCUT2D eigenvalue weighted by atomic mass is 10.0. The van der Waals surface area contributed by atoms with E-state index in [1.54, 1.807) is 0 Å². The quantitative estimate of drug-likeness (QED) is 0.929. The van der Waals surface area contributed by atoms with Crippen LogP contribution in [0.15, 0.2) is 6.07 Å². The molecule has 106 valence electrons. The van der Waals surface area contributed by atoms with E-state index in [1.165, 1.54) is 5.56 Å². The van der Waals surface area contributed by atoms with Crippen LogP contribution in [0.5, 0.6) is 0 Å². The number of aryl methyl sites for hydroxylation is 1. The molecule has 5 heteroatoms. The highest BCUT2D eigenvalue weighted by molar-refractivity contribution is 6.39. The first-order valence-corrected chi connectivity index (χ1v) is 7.41. The molecule has 0 amide bonds. The molecule has 2 N–H and O–H groups in total. The fourth-order valence-electron chi connectivity index (χ4n) is 2.38. The van der Waals surface area contributed by atoms with E-state index in [4.69, 9.17) is 33.7 Å². The van der Waals surface area contributed by atoms with Crippen molar-refractivity contribution in [3.8, 4) is 0 Å². The molecule has 1 fully saturated rings. The number of morpholine rings is 1. The standard InChI is InChI=1S/C14H20Cl2N2O/c1-10-11(3-2-4-17)9-12(15)14(13(10)16)18-5-7-19-8-6-18/h9H,2-8,17H2,1H3. The minimum Gasteiger partial charge on any atom is -0.378 e. The molecule has 1 aliphatic heterocycles. The number of nitrogens with zero attached hydrogens (tertiary/aromatic N) is 1. The summed E-state index contributed by atoms with van der Waals surface area (Å²) in [6.07, 6.45) is 1.87. The summed E-state index contributed by atoms with van der Waals surface area (Å²) in [5.74, 6) is 0. The van der Waals surface area contributed by atoms with Gasteiger partial charge in [0.25, 0.3) is 0 Å². The summed E-state index contributed by atoms with van der Waals surface area (Å²) in [6, 6.07) is 2.03. The van der Waals surface area contributed by atoms with Crippen LogP contribution in [-0.4, -0.2) is 32.8 Å². The van der Waals surface area contributed by atoms with E-state index < -0.39 is 0 Å². The number of ether oxygens (including phenoxy) is 1. The SMILES string of the molecule is Cc1c(CCCN)cc(Cl)c(N2CCOCC2)c1Cl. The molecule has 0 bridgehead atoms. The zero-order valence-electron chi connectivity index (χ0n) is 11.2. The first-order chi connectivity index (χ1) is 9.15. The van der Waals surface area contributed by atoms with E-state index in [9.17, 15) is 0 Å². The number of anilines is 1. The van der Waals surface area contributed by atoms with Crippen molar-refractivity contribution >= 4 is 28.9 Å². The zero-order valence-corrected chi connectivity index (χ0v) is 12.7. The van der Waals surface area contributed by atoms with Crippen molar-refractivity contribution in [1.82, 2.24) is 0 Å². The van der Waals surface area contributed by atoms with Crippen LogP contribution in [0.1, 0.15) is 17.5 Å². The van der Waals surface area contributed by atoms with Crippen molar-refractivity contribution in [2.75, 3.05) is 37.7 Å². The summed E-state index contributed by atoms with van der Waals surface area (Å²) in [7, 11) is 0. The third-order valence-corrected chi connectivity index (χ3v) is 4.27. The van der Waals surface area contributed by atoms with Gasteiger partial charge in [-0.3, -0.25) is 0 Å². The Morgan fingerprint density at radius 3 is 2.63 bits per heavy atom. The lowest BCUT2D eigenvalue weighted by Gasteiger charge is -2.31. The Bertz CT molecular complexity index is 446. The van der Waals surface area contributed by atoms with Gasteiger partial charge in [-0.25, -0.2) is 0 Å². The molecule has 1 aromatic carbocycles. The third kappa shape index (κ3) is 3.34. The van der Waals surface area contributed by atoms with E-state index in [0.29, 0.717) is 6.54 Å². The summed E-state index contributed by atoms with van der Waals surface area (Å²) in [6.45, 7) is 5.84. The topological polar surface area (TPSA) is 38.5 Å². The highest BCUT2D eigenvalue weighted by atomic mass is 35.5. The lowest BCUT2D eigenvalue weighted by molar-refractivity contribution is 0.122. The Morgan fingerprint density at radius 2 is 2.00 bits per heavy atom. The van der Waals surface area contributed by atoms with Gasteiger partial charge in [-0.2, -0.15) is 0 Å². The van der Waals surface area contributed by atoms with Gasteiger partial charge < -0.3 is 15.4 Å². The summed E-state index contributed by atoms with van der Waals surface area (Å²) in [5, 5.41) is 1.49. The predicted octanol–water partition coefficient (Wildman–Crippen LogP) is 3.03. The second kappa shape index (κ2) is 6.80. The second-order valence-corrected chi connectivity index (χ2v) is 5.58. The van der Waals surface area contributed by atoms with E-state index in [1.807, 2.05) is 6.07 Å². The van der Waals surface area contributed by atoms with Crippen molar-refractivity contribution < 1.29 is 4.74 Å². The molecule has 1 aromatic rings. The normalized spacial score (nSPS) is 15.9. The molecule has 0 aromatic heterocycles. The largest absolute Gasteiger partial charge is 0.378 e. The highest BCUT2D eigenvalue weighted by Crippen LogP contribution is 2.38. The molecule has 0 atom stereocenters. The van der Waals surface area contributed by atoms with Gasteiger partial charge in [-0.15, -0.1) is 0 Å². The van der Waals surface area contributed by atoms with Gasteiger partial charge in [0.1, 0.15) is 0 Å². The minimum absolute atomic E-state index is 0.680. The van der Waals surface area contributed by atoms with Crippen molar-refractivity contribution in [2.24, 2.45) is 5.73 Å². The summed E-state index contributed by atoms with van der Waals surface area (Å²) >= 11 is 12.9. The maximum absolute atomic E-state index is 6.52. The number of hydrogen-bond donors (Lipinski definition) is 1. The van der Waals surface area contributed by atoms with Gasteiger partial charge >= 0.3 is 0 Å². The Balaban J connectivity index is 2.31. The smallest absolute Gasteiger partial charge is 0.0749 e. The predicted molar refractivity (Wildman–Crippen MR) is 81.6 cm³/mol. The van der Waals surface area contributed by atoms with Gasteiger partial charge in [-0.1, -0.05) is 23.2 Å². The second-order valence-electron chi connectivity index (χ2n) is 4.80. The van der Waals surface area contributed by atoms with Crippen molar-refractivity contribution in [2.45, 2.75) is 19.8 Å². The van der Waals surface area contributed by atoms with E-state index in [-0.39, 0.29) is 0 Å². The molecule has 1 heterocycles. The van der Waals surface area contributed by atoms with Gasteiger partial charge in [0.05, 0.1) is 28.9 Å². The van der Waals surface area contributed by atoms with Crippen LogP contribution in [0.25, 0.3) is 0 Å². The van der Waals surface area contributed by atoms with E-state index >= 15 is 0 Å². The third-order valence-electron chi connectivity index (χ3n) is 3.52. The van der Waals surface area contributed by atoms with Gasteiger partial charge in [0.2, 0.25) is 0 Å². The number of benzene rings is 1. The molecular formula is C14H20Cl2N2O. The Morgan fingerprint density at radius 1 is 1.32 bits per heavy atom. The highest BCUT2D eigenvalue weighted by Gasteiger charge is 2.20. The van der Waals surface area contributed by atoms with Crippen LogP contribution in [0, 0.1) is 6.92 Å².